The van der Waals surface area contributed by atoms with Crippen LogP contribution in [-0.4, -0.2) is 42.3 Å². The highest BCUT2D eigenvalue weighted by Crippen LogP contribution is 2.38. The highest BCUT2D eigenvalue weighted by molar-refractivity contribution is 6.30. The van der Waals surface area contributed by atoms with Gasteiger partial charge in [0.25, 0.3) is 0 Å². The number of nitrogens with zero attached hydrogens (tertiary/aromatic N) is 2. The molecule has 0 unspecified atom stereocenters. The lowest BCUT2D eigenvalue weighted by molar-refractivity contribution is 0.0695. The second kappa shape index (κ2) is 7.80. The largest absolute Gasteiger partial charge is 0.477 e. The minimum absolute atomic E-state index is 0.110. The van der Waals surface area contributed by atoms with Gasteiger partial charge in [-0.05, 0) is 50.4 Å². The molecule has 0 amide bonds. The molecule has 2 heterocycles. The molecule has 1 aromatic carbocycles. The maximum absolute atomic E-state index is 15.0. The molecule has 8 heteroatoms. The van der Waals surface area contributed by atoms with Crippen molar-refractivity contribution in [2.24, 2.45) is 0 Å². The molecule has 1 aromatic heterocycles. The Morgan fingerprint density at radius 3 is 2.79 bits per heavy atom. The maximum Gasteiger partial charge on any atom is 0.341 e. The van der Waals surface area contributed by atoms with Gasteiger partial charge in [0.1, 0.15) is 11.4 Å². The fourth-order valence-electron chi connectivity index (χ4n) is 3.99. The zero-order valence-electron chi connectivity index (χ0n) is 16.2. The molecule has 0 spiro atoms. The zero-order valence-corrected chi connectivity index (χ0v) is 16.9. The van der Waals surface area contributed by atoms with Gasteiger partial charge in [-0.2, -0.15) is 0 Å². The smallest absolute Gasteiger partial charge is 0.341 e. The van der Waals surface area contributed by atoms with E-state index in [0.717, 1.165) is 36.3 Å². The first-order valence-electron chi connectivity index (χ1n) is 9.78. The summed E-state index contributed by atoms with van der Waals surface area (Å²) in [6, 6.07) is 3.02. The van der Waals surface area contributed by atoms with E-state index in [0.29, 0.717) is 30.8 Å². The predicted octanol–water partition coefficient (Wildman–Crippen LogP) is 3.49. The highest BCUT2D eigenvalue weighted by Gasteiger charge is 2.28. The van der Waals surface area contributed by atoms with Gasteiger partial charge in [0.2, 0.25) is 5.43 Å². The van der Waals surface area contributed by atoms with Crippen molar-refractivity contribution in [1.82, 2.24) is 9.88 Å². The van der Waals surface area contributed by atoms with Crippen LogP contribution in [0.1, 0.15) is 42.1 Å². The summed E-state index contributed by atoms with van der Waals surface area (Å²) < 4.78 is 16.9. The van der Waals surface area contributed by atoms with Crippen LogP contribution in [0.2, 0.25) is 0 Å². The number of rotatable bonds is 5. The Morgan fingerprint density at radius 1 is 1.38 bits per heavy atom. The van der Waals surface area contributed by atoms with Crippen LogP contribution in [0.4, 0.5) is 10.1 Å². The predicted molar refractivity (Wildman–Crippen MR) is 112 cm³/mol. The third-order valence-electron chi connectivity index (χ3n) is 5.62. The summed E-state index contributed by atoms with van der Waals surface area (Å²) in [5, 5.41) is 13.3. The molecule has 2 N–H and O–H groups in total. The summed E-state index contributed by atoms with van der Waals surface area (Å²) >= 11 is 6.39. The fraction of sp³-hybridized carbons (Fsp3) is 0.429. The molecule has 6 nitrogen and oxygen atoms in total. The number of nitrogens with one attached hydrogen (secondary N) is 1. The molecular formula is C21H23ClFN3O3. The summed E-state index contributed by atoms with van der Waals surface area (Å²) in [7, 11) is 1.83. The number of likely N-dealkylation sites (N-methyl/N-ethyl adjacent to an activating group) is 1. The Labute approximate surface area is 172 Å². The van der Waals surface area contributed by atoms with E-state index in [1.54, 1.807) is 6.07 Å². The number of hydrogen-bond acceptors (Lipinski definition) is 4. The first kappa shape index (κ1) is 19.9. The van der Waals surface area contributed by atoms with E-state index in [1.165, 1.54) is 12.3 Å². The van der Waals surface area contributed by atoms with Gasteiger partial charge in [0, 0.05) is 42.3 Å². The number of halogens is 2. The monoisotopic (exact) mass is 419 g/mol. The van der Waals surface area contributed by atoms with Crippen molar-refractivity contribution >= 4 is 34.2 Å². The number of hydrogen-bond donors (Lipinski definition) is 2. The quantitative estimate of drug-likeness (QED) is 0.776. The van der Waals surface area contributed by atoms with Crippen LogP contribution in [0.25, 0.3) is 10.9 Å². The number of carboxylic acid groups (broad SMARTS) is 1. The van der Waals surface area contributed by atoms with Gasteiger partial charge in [0.15, 0.2) is 0 Å². The summed E-state index contributed by atoms with van der Waals surface area (Å²) in [5.41, 5.74) is 1.11. The van der Waals surface area contributed by atoms with E-state index in [1.807, 2.05) is 16.5 Å². The Morgan fingerprint density at radius 2 is 2.14 bits per heavy atom. The Balaban J connectivity index is 1.82. The van der Waals surface area contributed by atoms with Crippen LogP contribution in [0, 0.1) is 5.82 Å². The van der Waals surface area contributed by atoms with Crippen molar-refractivity contribution in [2.75, 3.05) is 31.6 Å². The van der Waals surface area contributed by atoms with Gasteiger partial charge in [-0.1, -0.05) is 11.6 Å². The van der Waals surface area contributed by atoms with Crippen LogP contribution in [0.15, 0.2) is 33.7 Å². The Hall–Kier alpha value is -2.38. The topological polar surface area (TPSA) is 74.6 Å². The number of piperidine rings is 1. The van der Waals surface area contributed by atoms with Crippen LogP contribution < -0.4 is 15.6 Å². The second-order valence-corrected chi connectivity index (χ2v) is 8.16. The number of pyridine rings is 1. The summed E-state index contributed by atoms with van der Waals surface area (Å²) in [6.07, 6.45) is 4.97. The van der Waals surface area contributed by atoms with Gasteiger partial charge in [-0.25, -0.2) is 9.18 Å². The van der Waals surface area contributed by atoms with Crippen molar-refractivity contribution in [3.8, 4) is 0 Å². The number of aromatic nitrogens is 1. The Kier molecular flexibility index (Phi) is 5.36. The molecule has 2 fully saturated rings. The van der Waals surface area contributed by atoms with Crippen molar-refractivity contribution < 1.29 is 14.3 Å². The molecule has 29 heavy (non-hydrogen) atoms. The van der Waals surface area contributed by atoms with E-state index in [9.17, 15) is 14.7 Å². The van der Waals surface area contributed by atoms with Crippen molar-refractivity contribution in [1.29, 1.82) is 0 Å². The van der Waals surface area contributed by atoms with Crippen molar-refractivity contribution in [3.63, 3.8) is 0 Å². The molecule has 1 aliphatic carbocycles. The first-order valence-corrected chi connectivity index (χ1v) is 10.2. The summed E-state index contributed by atoms with van der Waals surface area (Å²) in [6.45, 7) is 1.80. The van der Waals surface area contributed by atoms with Crippen LogP contribution in [-0.2, 0) is 0 Å². The van der Waals surface area contributed by atoms with Gasteiger partial charge in [0.05, 0.1) is 11.2 Å². The summed E-state index contributed by atoms with van der Waals surface area (Å²) in [4.78, 5) is 26.0. The fourth-order valence-corrected chi connectivity index (χ4v) is 4.28. The number of anilines is 1. The van der Waals surface area contributed by atoms with E-state index in [4.69, 9.17) is 11.6 Å². The molecule has 1 saturated heterocycles. The number of aromatic carboxylic acids is 1. The maximum atomic E-state index is 15.0. The van der Waals surface area contributed by atoms with Gasteiger partial charge in [-0.15, -0.1) is 0 Å². The molecule has 2 aliphatic rings. The Bertz CT molecular complexity index is 1080. The molecule has 0 atom stereocenters. The number of benzene rings is 1. The van der Waals surface area contributed by atoms with E-state index in [2.05, 4.69) is 5.32 Å². The average Bonchev–Trinajstić information content (AvgIpc) is 3.53. The van der Waals surface area contributed by atoms with Gasteiger partial charge < -0.3 is 19.9 Å². The molecule has 1 aliphatic heterocycles. The van der Waals surface area contributed by atoms with Gasteiger partial charge >= 0.3 is 5.97 Å². The highest BCUT2D eigenvalue weighted by atomic mass is 35.5. The standard InChI is InChI=1S/C21H23ClFN3O3/c1-24-9-16(22)12-3-2-6-25(10-12)19-8-18-14(7-17(19)23)20(27)15(21(28)29)11-26(18)13-4-5-13/h7-8,11,13,24H,2-6,9-10H2,1H3,(H,28,29)/b16-12-. The number of carboxylic acids is 1. The van der Waals surface area contributed by atoms with E-state index < -0.39 is 17.2 Å². The zero-order chi connectivity index (χ0) is 20.7. The van der Waals surface area contributed by atoms with Crippen molar-refractivity contribution in [3.05, 3.63) is 50.5 Å². The lowest BCUT2D eigenvalue weighted by atomic mass is 10.0. The lowest BCUT2D eigenvalue weighted by Gasteiger charge is -2.32. The molecule has 2 aromatic rings. The minimum Gasteiger partial charge on any atom is -0.477 e. The molecule has 4 rings (SSSR count). The van der Waals surface area contributed by atoms with E-state index >= 15 is 4.39 Å². The van der Waals surface area contributed by atoms with Gasteiger partial charge in [-0.3, -0.25) is 4.79 Å². The lowest BCUT2D eigenvalue weighted by Crippen LogP contribution is -2.33. The molecular weight excluding hydrogens is 397 g/mol. The minimum atomic E-state index is -1.29. The third-order valence-corrected chi connectivity index (χ3v) is 6.02. The van der Waals surface area contributed by atoms with Crippen LogP contribution in [0.3, 0.4) is 0 Å². The molecule has 1 saturated carbocycles. The number of carbonyl (C=O) groups is 1. The van der Waals surface area contributed by atoms with Crippen LogP contribution in [0.5, 0.6) is 0 Å². The molecule has 0 bridgehead atoms. The second-order valence-electron chi connectivity index (χ2n) is 7.70. The van der Waals surface area contributed by atoms with Crippen molar-refractivity contribution in [2.45, 2.75) is 31.7 Å². The number of fused-ring (bicyclic) bond motifs is 1. The van der Waals surface area contributed by atoms with Crippen LogP contribution >= 0.6 is 11.6 Å². The summed E-state index contributed by atoms with van der Waals surface area (Å²) in [5.74, 6) is -1.81. The molecule has 154 valence electrons. The first-order chi connectivity index (χ1) is 13.9. The normalized spacial score (nSPS) is 18.9. The average molecular weight is 420 g/mol. The SMILES string of the molecule is CNC/C(Cl)=C1\CCCN(c2cc3c(cc2F)c(=O)c(C(=O)O)cn3C2CC2)C1. The molecule has 0 radical (unpaired) electrons. The van der Waals surface area contributed by atoms with E-state index in [-0.39, 0.29) is 17.0 Å². The third kappa shape index (κ3) is 3.76.